The highest BCUT2D eigenvalue weighted by atomic mass is 79.9. The van der Waals surface area contributed by atoms with Crippen molar-refractivity contribution in [2.24, 2.45) is 0 Å². The Kier molecular flexibility index (Phi) is 6.84. The number of aromatic nitrogens is 1. The molecule has 0 amide bonds. The summed E-state index contributed by atoms with van der Waals surface area (Å²) in [4.78, 5) is 4.73. The maximum Gasteiger partial charge on any atom is 0.261 e. The number of oxazole rings is 1. The molecule has 0 aliphatic heterocycles. The van der Waals surface area contributed by atoms with Gasteiger partial charge in [-0.3, -0.25) is 9.44 Å². The summed E-state index contributed by atoms with van der Waals surface area (Å²) in [7, 11) is -7.54. The molecule has 8 nitrogen and oxygen atoms in total. The fraction of sp³-hybridized carbons (Fsp3) is 0. The van der Waals surface area contributed by atoms with E-state index in [1.54, 1.807) is 66.7 Å². The van der Waals surface area contributed by atoms with Gasteiger partial charge in [0.25, 0.3) is 20.0 Å². The molecule has 0 unspecified atom stereocenters. The van der Waals surface area contributed by atoms with Crippen molar-refractivity contribution in [3.05, 3.63) is 99.9 Å². The fourth-order valence-electron chi connectivity index (χ4n) is 3.49. The third-order valence-electron chi connectivity index (χ3n) is 5.24. The zero-order chi connectivity index (χ0) is 26.2. The van der Waals surface area contributed by atoms with Crippen molar-refractivity contribution in [1.29, 1.82) is 0 Å². The molecule has 0 bridgehead atoms. The van der Waals surface area contributed by atoms with E-state index in [2.05, 4.69) is 46.3 Å². The van der Waals surface area contributed by atoms with Gasteiger partial charge in [-0.1, -0.05) is 44.0 Å². The van der Waals surface area contributed by atoms with Crippen LogP contribution in [0.25, 0.3) is 22.6 Å². The van der Waals surface area contributed by atoms with Crippen LogP contribution in [0.15, 0.2) is 114 Å². The molecule has 1 aromatic heterocycles. The number of nitrogens with one attached hydrogen (secondary N) is 2. The molecule has 0 atom stereocenters. The number of nitrogens with zero attached hydrogens (tertiary/aromatic N) is 1. The van der Waals surface area contributed by atoms with Gasteiger partial charge in [-0.15, -0.1) is 0 Å². The summed E-state index contributed by atoms with van der Waals surface area (Å²) in [5, 5.41) is 0. The zero-order valence-electron chi connectivity index (χ0n) is 18.7. The summed E-state index contributed by atoms with van der Waals surface area (Å²) in [6.45, 7) is 0. The van der Waals surface area contributed by atoms with Crippen molar-refractivity contribution in [2.45, 2.75) is 9.79 Å². The average Bonchev–Trinajstić information content (AvgIpc) is 3.27. The normalized spacial score (nSPS) is 11.9. The van der Waals surface area contributed by atoms with Gasteiger partial charge in [0.05, 0.1) is 15.5 Å². The third kappa shape index (κ3) is 5.72. The number of fused-ring (bicyclic) bond motifs is 1. The van der Waals surface area contributed by atoms with Crippen molar-refractivity contribution in [1.82, 2.24) is 4.98 Å². The van der Waals surface area contributed by atoms with Crippen LogP contribution in [0.3, 0.4) is 0 Å². The number of benzene rings is 4. The SMILES string of the molecule is O=S(=O)(Nc1ccc(-c2nc3cc(NS(=O)(=O)c4cccc(Br)c4)ccc3o2)cc1)c1cccc(Br)c1. The lowest BCUT2D eigenvalue weighted by atomic mass is 10.2. The Morgan fingerprint density at radius 2 is 1.19 bits per heavy atom. The van der Waals surface area contributed by atoms with Crippen LogP contribution in [0.5, 0.6) is 0 Å². The summed E-state index contributed by atoms with van der Waals surface area (Å²) >= 11 is 6.56. The van der Waals surface area contributed by atoms with Gasteiger partial charge in [-0.25, -0.2) is 21.8 Å². The Balaban J connectivity index is 1.35. The van der Waals surface area contributed by atoms with E-state index >= 15 is 0 Å². The van der Waals surface area contributed by atoms with Crippen LogP contribution in [0.1, 0.15) is 0 Å². The van der Waals surface area contributed by atoms with Gasteiger partial charge < -0.3 is 4.42 Å². The van der Waals surface area contributed by atoms with E-state index in [-0.39, 0.29) is 9.79 Å². The predicted molar refractivity (Wildman–Crippen MR) is 149 cm³/mol. The van der Waals surface area contributed by atoms with Gasteiger partial charge in [0.2, 0.25) is 5.89 Å². The van der Waals surface area contributed by atoms with E-state index in [4.69, 9.17) is 4.42 Å². The topological polar surface area (TPSA) is 118 Å². The van der Waals surface area contributed by atoms with Crippen LogP contribution in [-0.2, 0) is 20.0 Å². The first-order valence-corrected chi connectivity index (χ1v) is 15.2. The van der Waals surface area contributed by atoms with E-state index < -0.39 is 20.0 Å². The Labute approximate surface area is 230 Å². The quantitative estimate of drug-likeness (QED) is 0.202. The molecular formula is C25H17Br2N3O5S2. The minimum atomic E-state index is -3.79. The number of halogens is 2. The van der Waals surface area contributed by atoms with Gasteiger partial charge in [0.15, 0.2) is 5.58 Å². The Morgan fingerprint density at radius 3 is 1.76 bits per heavy atom. The van der Waals surface area contributed by atoms with Crippen LogP contribution >= 0.6 is 31.9 Å². The largest absolute Gasteiger partial charge is 0.436 e. The highest BCUT2D eigenvalue weighted by Gasteiger charge is 2.17. The minimum absolute atomic E-state index is 0.124. The highest BCUT2D eigenvalue weighted by Crippen LogP contribution is 2.29. The molecule has 0 saturated carbocycles. The lowest BCUT2D eigenvalue weighted by molar-refractivity contribution is 0.599. The Morgan fingerprint density at radius 1 is 0.649 bits per heavy atom. The molecule has 1 heterocycles. The van der Waals surface area contributed by atoms with Crippen LogP contribution in [-0.4, -0.2) is 21.8 Å². The molecule has 5 aromatic rings. The first kappa shape index (κ1) is 25.5. The first-order valence-electron chi connectivity index (χ1n) is 10.7. The predicted octanol–water partition coefficient (Wildman–Crippen LogP) is 6.62. The van der Waals surface area contributed by atoms with Gasteiger partial charge in [0.1, 0.15) is 5.52 Å². The Hall–Kier alpha value is -3.19. The second-order valence-electron chi connectivity index (χ2n) is 7.90. The van der Waals surface area contributed by atoms with Crippen LogP contribution < -0.4 is 9.44 Å². The monoisotopic (exact) mass is 661 g/mol. The number of hydrogen-bond acceptors (Lipinski definition) is 6. The Bertz CT molecular complexity index is 1840. The lowest BCUT2D eigenvalue weighted by Crippen LogP contribution is -2.12. The van der Waals surface area contributed by atoms with Gasteiger partial charge in [-0.05, 0) is 78.9 Å². The van der Waals surface area contributed by atoms with Gasteiger partial charge >= 0.3 is 0 Å². The minimum Gasteiger partial charge on any atom is -0.436 e. The second-order valence-corrected chi connectivity index (χ2v) is 13.1. The number of hydrogen-bond donors (Lipinski definition) is 2. The molecule has 0 spiro atoms. The van der Waals surface area contributed by atoms with Crippen molar-refractivity contribution in [3.63, 3.8) is 0 Å². The lowest BCUT2D eigenvalue weighted by Gasteiger charge is -2.08. The van der Waals surface area contributed by atoms with Crippen LogP contribution in [0.4, 0.5) is 11.4 Å². The molecule has 0 fully saturated rings. The van der Waals surface area contributed by atoms with E-state index in [0.29, 0.717) is 42.9 Å². The summed E-state index contributed by atoms with van der Waals surface area (Å²) in [6.07, 6.45) is 0. The molecule has 37 heavy (non-hydrogen) atoms. The van der Waals surface area contributed by atoms with E-state index in [9.17, 15) is 16.8 Å². The summed E-state index contributed by atoms with van der Waals surface area (Å²) < 4.78 is 63.0. The molecule has 2 N–H and O–H groups in total. The standard InChI is InChI=1S/C25H17Br2N3O5S2/c26-17-3-1-5-21(13-17)36(31,32)29-19-9-7-16(8-10-19)25-28-23-15-20(11-12-24(23)35-25)30-37(33,34)22-6-2-4-18(27)14-22/h1-15,29-30H. The van der Waals surface area contributed by atoms with Gasteiger partial charge in [-0.2, -0.15) is 0 Å². The van der Waals surface area contributed by atoms with E-state index in [0.717, 1.165) is 0 Å². The van der Waals surface area contributed by atoms with Crippen LogP contribution in [0.2, 0.25) is 0 Å². The second kappa shape index (κ2) is 9.93. The number of anilines is 2. The van der Waals surface area contributed by atoms with E-state index in [1.807, 2.05) is 0 Å². The summed E-state index contributed by atoms with van der Waals surface area (Å²) in [5.41, 5.74) is 2.27. The smallest absolute Gasteiger partial charge is 0.261 e. The fourth-order valence-corrected chi connectivity index (χ4v) is 6.79. The molecule has 0 radical (unpaired) electrons. The molecular weight excluding hydrogens is 646 g/mol. The molecule has 5 rings (SSSR count). The molecule has 0 saturated heterocycles. The summed E-state index contributed by atoms with van der Waals surface area (Å²) in [6, 6.07) is 24.2. The van der Waals surface area contributed by atoms with Crippen molar-refractivity contribution < 1.29 is 21.3 Å². The molecule has 4 aromatic carbocycles. The molecule has 0 aliphatic carbocycles. The van der Waals surface area contributed by atoms with E-state index in [1.165, 1.54) is 24.3 Å². The van der Waals surface area contributed by atoms with Crippen molar-refractivity contribution in [3.8, 4) is 11.5 Å². The maximum absolute atomic E-state index is 12.7. The molecule has 12 heteroatoms. The molecule has 188 valence electrons. The van der Waals surface area contributed by atoms with Crippen molar-refractivity contribution in [2.75, 3.05) is 9.44 Å². The van der Waals surface area contributed by atoms with Crippen LogP contribution in [0, 0.1) is 0 Å². The zero-order valence-corrected chi connectivity index (χ0v) is 23.5. The van der Waals surface area contributed by atoms with Crippen molar-refractivity contribution >= 4 is 74.4 Å². The summed E-state index contributed by atoms with van der Waals surface area (Å²) in [5.74, 6) is 0.309. The number of sulfonamides is 2. The first-order chi connectivity index (χ1) is 17.6. The number of rotatable bonds is 7. The third-order valence-corrected chi connectivity index (χ3v) is 8.98. The maximum atomic E-state index is 12.7. The average molecular weight is 663 g/mol. The highest BCUT2D eigenvalue weighted by molar-refractivity contribution is 9.10. The van der Waals surface area contributed by atoms with Gasteiger partial charge in [0, 0.05) is 20.2 Å². The molecule has 0 aliphatic rings.